The van der Waals surface area contributed by atoms with Crippen molar-refractivity contribution in [1.29, 1.82) is 0 Å². The minimum absolute atomic E-state index is 0.00759. The maximum Gasteiger partial charge on any atom is 0.412 e. The normalized spacial score (nSPS) is 12.3. The Bertz CT molecular complexity index is 1100. The van der Waals surface area contributed by atoms with Gasteiger partial charge in [0.1, 0.15) is 6.04 Å². The molecule has 0 fully saturated rings. The quantitative estimate of drug-likeness (QED) is 0.416. The Kier molecular flexibility index (Phi) is 8.25. The molecule has 1 heterocycles. The zero-order chi connectivity index (χ0) is 23.1. The van der Waals surface area contributed by atoms with Crippen molar-refractivity contribution in [1.82, 2.24) is 4.98 Å². The molecule has 1 unspecified atom stereocenters. The number of anilines is 2. The third kappa shape index (κ3) is 6.84. The van der Waals surface area contributed by atoms with Gasteiger partial charge in [-0.3, -0.25) is 9.52 Å². The summed E-state index contributed by atoms with van der Waals surface area (Å²) in [5.41, 5.74) is -0.0331. The van der Waals surface area contributed by atoms with Gasteiger partial charge in [0.25, 0.3) is 16.5 Å². The number of nitrogens with one attached hydrogen (secondary N) is 2. The third-order valence-electron chi connectivity index (χ3n) is 3.66. The summed E-state index contributed by atoms with van der Waals surface area (Å²) in [5.74, 6) is 0. The maximum atomic E-state index is 13.5. The van der Waals surface area contributed by atoms with Gasteiger partial charge in [0, 0.05) is 11.6 Å². The van der Waals surface area contributed by atoms with Gasteiger partial charge in [0.15, 0.2) is 5.13 Å². The molecule has 166 valence electrons. The number of carbonyl (C=O) groups is 1. The molecule has 2 aromatic carbocycles. The number of hydrogen-bond acceptors (Lipinski definition) is 6. The van der Waals surface area contributed by atoms with Gasteiger partial charge in [-0.25, -0.2) is 13.4 Å². The summed E-state index contributed by atoms with van der Waals surface area (Å²) in [5, 5.41) is 10.8. The first-order chi connectivity index (χ1) is 14.6. The molecule has 0 saturated heterocycles. The second-order valence-electron chi connectivity index (χ2n) is 5.72. The lowest BCUT2D eigenvalue weighted by molar-refractivity contribution is -0.144. The van der Waals surface area contributed by atoms with E-state index in [1.807, 2.05) is 0 Å². The van der Waals surface area contributed by atoms with E-state index in [0.29, 0.717) is 0 Å². The van der Waals surface area contributed by atoms with Crippen LogP contribution in [0.1, 0.15) is 11.6 Å². The lowest BCUT2D eigenvalue weighted by atomic mass is 10.1. The fraction of sp³-hybridized carbons (Fsp3) is 0.111. The molecule has 0 aliphatic rings. The largest absolute Gasteiger partial charge is 0.483 e. The van der Waals surface area contributed by atoms with Gasteiger partial charge in [-0.2, -0.15) is 13.2 Å². The summed E-state index contributed by atoms with van der Waals surface area (Å²) in [4.78, 5) is 12.0. The zero-order valence-electron chi connectivity index (χ0n) is 15.4. The molecule has 31 heavy (non-hydrogen) atoms. The molecular weight excluding hydrogens is 479 g/mol. The second-order valence-corrected chi connectivity index (χ2v) is 8.70. The minimum atomic E-state index is -4.58. The summed E-state index contributed by atoms with van der Waals surface area (Å²) in [7, 11) is -3.97. The number of nitrogens with zero attached hydrogens (tertiary/aromatic N) is 1. The molecule has 3 N–H and O–H groups in total. The Balaban J connectivity index is 0.00000107. The number of rotatable bonds is 6. The monoisotopic (exact) mass is 493 g/mol. The van der Waals surface area contributed by atoms with Crippen LogP contribution in [-0.4, -0.2) is 31.2 Å². The molecule has 0 aliphatic carbocycles. The standard InChI is InChI=1S/C17H13ClF3N3O2S2.CH2O2/c18-13-10-12(28(25,26)24-16-22-8-9-27-16)6-7-14(13)23-15(17(19,20)21)11-4-2-1-3-5-11;2-1-3/h1-10,15,23H,(H,22,24);1H,(H,2,3). The average molecular weight is 494 g/mol. The highest BCUT2D eigenvalue weighted by atomic mass is 35.5. The van der Waals surface area contributed by atoms with Crippen molar-refractivity contribution in [2.45, 2.75) is 17.1 Å². The van der Waals surface area contributed by atoms with Crippen LogP contribution in [0.3, 0.4) is 0 Å². The van der Waals surface area contributed by atoms with Crippen LogP contribution in [0, 0.1) is 0 Å². The van der Waals surface area contributed by atoms with Crippen molar-refractivity contribution in [3.8, 4) is 0 Å². The maximum absolute atomic E-state index is 13.5. The van der Waals surface area contributed by atoms with Gasteiger partial charge in [-0.15, -0.1) is 11.3 Å². The highest BCUT2D eigenvalue weighted by Gasteiger charge is 2.41. The first-order valence-electron chi connectivity index (χ1n) is 8.26. The van der Waals surface area contributed by atoms with Gasteiger partial charge >= 0.3 is 6.18 Å². The van der Waals surface area contributed by atoms with Gasteiger partial charge in [0.2, 0.25) is 0 Å². The van der Waals surface area contributed by atoms with E-state index < -0.39 is 22.2 Å². The highest BCUT2D eigenvalue weighted by molar-refractivity contribution is 7.93. The molecule has 1 atom stereocenters. The smallest absolute Gasteiger partial charge is 0.412 e. The fourth-order valence-electron chi connectivity index (χ4n) is 2.38. The molecule has 0 spiro atoms. The predicted octanol–water partition coefficient (Wildman–Crippen LogP) is 5.01. The molecule has 0 saturated carbocycles. The molecule has 13 heteroatoms. The van der Waals surface area contributed by atoms with E-state index in [1.165, 1.54) is 42.6 Å². The zero-order valence-corrected chi connectivity index (χ0v) is 17.8. The van der Waals surface area contributed by atoms with Crippen molar-refractivity contribution < 1.29 is 31.5 Å². The number of benzene rings is 2. The molecule has 0 amide bonds. The number of aromatic nitrogens is 1. The average Bonchev–Trinajstić information content (AvgIpc) is 3.19. The van der Waals surface area contributed by atoms with Crippen LogP contribution >= 0.6 is 22.9 Å². The van der Waals surface area contributed by atoms with E-state index in [1.54, 1.807) is 11.4 Å². The summed E-state index contributed by atoms with van der Waals surface area (Å²) in [6.45, 7) is -0.250. The van der Waals surface area contributed by atoms with Gasteiger partial charge in [-0.1, -0.05) is 41.9 Å². The molecule has 0 aliphatic heterocycles. The first kappa shape index (κ1) is 24.4. The molecule has 7 nitrogen and oxygen atoms in total. The number of thiazole rings is 1. The lowest BCUT2D eigenvalue weighted by Gasteiger charge is -2.24. The third-order valence-corrected chi connectivity index (χ3v) is 6.13. The topological polar surface area (TPSA) is 108 Å². The summed E-state index contributed by atoms with van der Waals surface area (Å²) >= 11 is 7.15. The Morgan fingerprint density at radius 1 is 1.16 bits per heavy atom. The predicted molar refractivity (Wildman–Crippen MR) is 112 cm³/mol. The Morgan fingerprint density at radius 3 is 2.32 bits per heavy atom. The SMILES string of the molecule is O=CO.O=S(=O)(Nc1nccs1)c1ccc(NC(c2ccccc2)C(F)(F)F)c(Cl)c1. The molecule has 3 rings (SSSR count). The molecule has 1 aromatic heterocycles. The van der Waals surface area contributed by atoms with E-state index in [4.69, 9.17) is 21.5 Å². The summed E-state index contributed by atoms with van der Waals surface area (Å²) < 4.78 is 67.5. The number of halogens is 4. The van der Waals surface area contributed by atoms with E-state index in [2.05, 4.69) is 15.0 Å². The van der Waals surface area contributed by atoms with Crippen LogP contribution in [0.4, 0.5) is 24.0 Å². The van der Waals surface area contributed by atoms with Crippen molar-refractivity contribution in [2.24, 2.45) is 0 Å². The number of alkyl halides is 3. The summed E-state index contributed by atoms with van der Waals surface area (Å²) in [6, 6.07) is 8.74. The second kappa shape index (κ2) is 10.5. The van der Waals surface area contributed by atoms with Crippen LogP contribution in [0.2, 0.25) is 5.02 Å². The first-order valence-corrected chi connectivity index (χ1v) is 11.0. The number of carboxylic acid groups (broad SMARTS) is 1. The van der Waals surface area contributed by atoms with Gasteiger partial charge < -0.3 is 10.4 Å². The molecule has 0 bridgehead atoms. The van der Waals surface area contributed by atoms with Crippen LogP contribution < -0.4 is 10.0 Å². The summed E-state index contributed by atoms with van der Waals surface area (Å²) in [6.07, 6.45) is -3.15. The molecular formula is C18H15ClF3N3O4S2. The van der Waals surface area contributed by atoms with Crippen LogP contribution in [0.15, 0.2) is 65.0 Å². The van der Waals surface area contributed by atoms with Crippen molar-refractivity contribution in [3.05, 3.63) is 70.7 Å². The Hall–Kier alpha value is -2.83. The Labute approximate surface area is 184 Å². The van der Waals surface area contributed by atoms with Gasteiger partial charge in [0.05, 0.1) is 15.6 Å². The number of hydrogen-bond donors (Lipinski definition) is 3. The van der Waals surface area contributed by atoms with E-state index in [-0.39, 0.29) is 32.8 Å². The van der Waals surface area contributed by atoms with Crippen molar-refractivity contribution >= 4 is 50.3 Å². The van der Waals surface area contributed by atoms with Crippen LogP contribution in [0.5, 0.6) is 0 Å². The number of sulfonamides is 1. The minimum Gasteiger partial charge on any atom is -0.483 e. The Morgan fingerprint density at radius 2 is 1.81 bits per heavy atom. The fourth-order valence-corrected chi connectivity index (χ4v) is 4.50. The van der Waals surface area contributed by atoms with Crippen molar-refractivity contribution in [2.75, 3.05) is 10.0 Å². The molecule has 3 aromatic rings. The molecule has 0 radical (unpaired) electrons. The van der Waals surface area contributed by atoms with Crippen molar-refractivity contribution in [3.63, 3.8) is 0 Å². The van der Waals surface area contributed by atoms with Gasteiger partial charge in [-0.05, 0) is 23.8 Å². The van der Waals surface area contributed by atoms with E-state index >= 15 is 0 Å². The van der Waals surface area contributed by atoms with Crippen LogP contribution in [0.25, 0.3) is 0 Å². The lowest BCUT2D eigenvalue weighted by Crippen LogP contribution is -2.28. The van der Waals surface area contributed by atoms with Crippen LogP contribution in [-0.2, 0) is 14.8 Å². The van der Waals surface area contributed by atoms with E-state index in [9.17, 15) is 21.6 Å². The van der Waals surface area contributed by atoms with E-state index in [0.717, 1.165) is 17.4 Å². The highest BCUT2D eigenvalue weighted by Crippen LogP contribution is 2.37.